The zero-order valence-corrected chi connectivity index (χ0v) is 13.5. The van der Waals surface area contributed by atoms with Crippen LogP contribution >= 0.6 is 0 Å². The van der Waals surface area contributed by atoms with E-state index in [1.165, 1.54) is 6.07 Å². The van der Waals surface area contributed by atoms with Crippen molar-refractivity contribution in [3.63, 3.8) is 0 Å². The molecule has 0 aromatic heterocycles. The quantitative estimate of drug-likeness (QED) is 0.634. The third-order valence-corrected chi connectivity index (χ3v) is 4.23. The summed E-state index contributed by atoms with van der Waals surface area (Å²) in [6.45, 7) is 1.99. The number of hydrogen-bond acceptors (Lipinski definition) is 5. The second kappa shape index (κ2) is 7.01. The van der Waals surface area contributed by atoms with E-state index in [0.29, 0.717) is 37.4 Å². The standard InChI is InChI=1S/C18H16N4O3/c19-13-14-6-7-16(17(12-14)22(24)25)20-8-10-21(11-9-20)18(23)15-4-2-1-3-5-15/h1-7,12H,8-11H2. The van der Waals surface area contributed by atoms with Crippen LogP contribution < -0.4 is 4.90 Å². The molecule has 0 atom stereocenters. The average molecular weight is 336 g/mol. The first kappa shape index (κ1) is 16.5. The van der Waals surface area contributed by atoms with Crippen LogP contribution in [-0.4, -0.2) is 41.9 Å². The van der Waals surface area contributed by atoms with Crippen molar-refractivity contribution >= 4 is 17.3 Å². The number of rotatable bonds is 3. The fourth-order valence-electron chi connectivity index (χ4n) is 2.92. The lowest BCUT2D eigenvalue weighted by Crippen LogP contribution is -2.48. The molecular formula is C18H16N4O3. The number of nitro benzene ring substituents is 1. The molecule has 7 heteroatoms. The monoisotopic (exact) mass is 336 g/mol. The summed E-state index contributed by atoms with van der Waals surface area (Å²) < 4.78 is 0. The highest BCUT2D eigenvalue weighted by atomic mass is 16.6. The largest absolute Gasteiger partial charge is 0.362 e. The van der Waals surface area contributed by atoms with Gasteiger partial charge in [-0.25, -0.2) is 0 Å². The van der Waals surface area contributed by atoms with Gasteiger partial charge in [0.05, 0.1) is 16.6 Å². The van der Waals surface area contributed by atoms with Gasteiger partial charge in [-0.15, -0.1) is 0 Å². The minimum absolute atomic E-state index is 0.0328. The van der Waals surface area contributed by atoms with Crippen LogP contribution in [0.2, 0.25) is 0 Å². The molecule has 0 spiro atoms. The zero-order valence-electron chi connectivity index (χ0n) is 13.5. The molecule has 1 amide bonds. The zero-order chi connectivity index (χ0) is 17.8. The molecule has 7 nitrogen and oxygen atoms in total. The van der Waals surface area contributed by atoms with Crippen molar-refractivity contribution in [2.24, 2.45) is 0 Å². The molecule has 2 aromatic rings. The van der Waals surface area contributed by atoms with Crippen LogP contribution in [-0.2, 0) is 0 Å². The van der Waals surface area contributed by atoms with Crippen LogP contribution in [0.5, 0.6) is 0 Å². The van der Waals surface area contributed by atoms with Crippen molar-refractivity contribution in [2.75, 3.05) is 31.1 Å². The summed E-state index contributed by atoms with van der Waals surface area (Å²) in [6.07, 6.45) is 0. The van der Waals surface area contributed by atoms with Gasteiger partial charge in [-0.05, 0) is 24.3 Å². The van der Waals surface area contributed by atoms with Crippen LogP contribution in [0.25, 0.3) is 0 Å². The molecule has 1 heterocycles. The Labute approximate surface area is 144 Å². The van der Waals surface area contributed by atoms with Crippen LogP contribution in [0, 0.1) is 21.4 Å². The topological polar surface area (TPSA) is 90.5 Å². The average Bonchev–Trinajstić information content (AvgIpc) is 2.67. The number of piperazine rings is 1. The van der Waals surface area contributed by atoms with Gasteiger partial charge in [-0.1, -0.05) is 18.2 Å². The van der Waals surface area contributed by atoms with Crippen LogP contribution in [0.15, 0.2) is 48.5 Å². The lowest BCUT2D eigenvalue weighted by Gasteiger charge is -2.35. The molecular weight excluding hydrogens is 320 g/mol. The van der Waals surface area contributed by atoms with Gasteiger partial charge < -0.3 is 9.80 Å². The SMILES string of the molecule is N#Cc1ccc(N2CCN(C(=O)c3ccccc3)CC2)c([N+](=O)[O-])c1. The molecule has 126 valence electrons. The fourth-order valence-corrected chi connectivity index (χ4v) is 2.92. The number of anilines is 1. The molecule has 0 N–H and O–H groups in total. The summed E-state index contributed by atoms with van der Waals surface area (Å²) in [5.74, 6) is -0.0328. The van der Waals surface area contributed by atoms with Crippen LogP contribution in [0.4, 0.5) is 11.4 Å². The molecule has 3 rings (SSSR count). The van der Waals surface area contributed by atoms with E-state index in [-0.39, 0.29) is 17.2 Å². The number of nitrogens with zero attached hydrogens (tertiary/aromatic N) is 4. The Morgan fingerprint density at radius 2 is 1.76 bits per heavy atom. The van der Waals surface area contributed by atoms with Crippen molar-refractivity contribution in [1.82, 2.24) is 4.90 Å². The lowest BCUT2D eigenvalue weighted by molar-refractivity contribution is -0.384. The minimum Gasteiger partial charge on any atom is -0.362 e. The second-order valence-corrected chi connectivity index (χ2v) is 5.72. The summed E-state index contributed by atoms with van der Waals surface area (Å²) >= 11 is 0. The number of amides is 1. The number of nitro groups is 1. The molecule has 1 saturated heterocycles. The first-order chi connectivity index (χ1) is 12.1. The van der Waals surface area contributed by atoms with E-state index in [4.69, 9.17) is 5.26 Å². The van der Waals surface area contributed by atoms with Gasteiger partial charge in [0.25, 0.3) is 11.6 Å². The van der Waals surface area contributed by atoms with Crippen LogP contribution in [0.1, 0.15) is 15.9 Å². The predicted octanol–water partition coefficient (Wildman–Crippen LogP) is 2.43. The van der Waals surface area contributed by atoms with Gasteiger partial charge in [0.1, 0.15) is 5.69 Å². The number of benzene rings is 2. The number of carbonyl (C=O) groups is 1. The highest BCUT2D eigenvalue weighted by Gasteiger charge is 2.26. The molecule has 0 saturated carbocycles. The van der Waals surface area contributed by atoms with E-state index in [2.05, 4.69) is 0 Å². The first-order valence-corrected chi connectivity index (χ1v) is 7.88. The third-order valence-electron chi connectivity index (χ3n) is 4.23. The van der Waals surface area contributed by atoms with E-state index >= 15 is 0 Å². The van der Waals surface area contributed by atoms with Gasteiger partial charge in [0.15, 0.2) is 0 Å². The van der Waals surface area contributed by atoms with E-state index in [0.717, 1.165) is 0 Å². The molecule has 1 fully saturated rings. The number of hydrogen-bond donors (Lipinski definition) is 0. The Hall–Kier alpha value is -3.40. The molecule has 0 aliphatic carbocycles. The van der Waals surface area contributed by atoms with Crippen LogP contribution in [0.3, 0.4) is 0 Å². The Morgan fingerprint density at radius 1 is 1.08 bits per heavy atom. The summed E-state index contributed by atoms with van der Waals surface area (Å²) in [5.41, 5.74) is 1.30. The van der Waals surface area contributed by atoms with Crippen molar-refractivity contribution < 1.29 is 9.72 Å². The van der Waals surface area contributed by atoms with E-state index in [1.807, 2.05) is 29.2 Å². The molecule has 1 aliphatic heterocycles. The summed E-state index contributed by atoms with van der Waals surface area (Å²) in [6, 6.07) is 15.4. The lowest BCUT2D eigenvalue weighted by atomic mass is 10.1. The predicted molar refractivity (Wildman–Crippen MR) is 92.4 cm³/mol. The first-order valence-electron chi connectivity index (χ1n) is 7.88. The molecule has 25 heavy (non-hydrogen) atoms. The van der Waals surface area contributed by atoms with Crippen molar-refractivity contribution in [2.45, 2.75) is 0 Å². The highest BCUT2D eigenvalue weighted by Crippen LogP contribution is 2.30. The molecule has 1 aliphatic rings. The maximum Gasteiger partial charge on any atom is 0.293 e. The highest BCUT2D eigenvalue weighted by molar-refractivity contribution is 5.94. The van der Waals surface area contributed by atoms with E-state index < -0.39 is 4.92 Å². The fraction of sp³-hybridized carbons (Fsp3) is 0.222. The molecule has 0 unspecified atom stereocenters. The maximum absolute atomic E-state index is 12.5. The van der Waals surface area contributed by atoms with Gasteiger partial charge >= 0.3 is 0 Å². The summed E-state index contributed by atoms with van der Waals surface area (Å²) in [4.78, 5) is 26.9. The molecule has 0 radical (unpaired) electrons. The molecule has 0 bridgehead atoms. The van der Waals surface area contributed by atoms with Gasteiger partial charge in [0, 0.05) is 37.8 Å². The Kier molecular flexibility index (Phi) is 4.61. The second-order valence-electron chi connectivity index (χ2n) is 5.72. The van der Waals surface area contributed by atoms with Crippen molar-refractivity contribution in [3.05, 3.63) is 69.8 Å². The van der Waals surface area contributed by atoms with Gasteiger partial charge in [-0.3, -0.25) is 14.9 Å². The number of carbonyl (C=O) groups excluding carboxylic acids is 1. The van der Waals surface area contributed by atoms with Crippen molar-refractivity contribution in [3.8, 4) is 6.07 Å². The minimum atomic E-state index is -0.475. The van der Waals surface area contributed by atoms with Crippen molar-refractivity contribution in [1.29, 1.82) is 5.26 Å². The summed E-state index contributed by atoms with van der Waals surface area (Å²) in [7, 11) is 0. The van der Waals surface area contributed by atoms with Gasteiger partial charge in [-0.2, -0.15) is 5.26 Å². The van der Waals surface area contributed by atoms with E-state index in [1.54, 1.807) is 29.2 Å². The van der Waals surface area contributed by atoms with E-state index in [9.17, 15) is 14.9 Å². The smallest absolute Gasteiger partial charge is 0.293 e. The third kappa shape index (κ3) is 3.43. The Balaban J connectivity index is 1.74. The normalized spacial score (nSPS) is 14.0. The Bertz CT molecular complexity index is 837. The van der Waals surface area contributed by atoms with Gasteiger partial charge in [0.2, 0.25) is 0 Å². The number of nitriles is 1. The molecule has 2 aromatic carbocycles. The Morgan fingerprint density at radius 3 is 2.36 bits per heavy atom. The maximum atomic E-state index is 12.5. The summed E-state index contributed by atoms with van der Waals surface area (Å²) in [5, 5.41) is 20.2.